The van der Waals surface area contributed by atoms with E-state index >= 15 is 0 Å². The van der Waals surface area contributed by atoms with Crippen molar-refractivity contribution >= 4 is 17.8 Å². The highest BCUT2D eigenvalue weighted by Crippen LogP contribution is 2.14. The lowest BCUT2D eigenvalue weighted by atomic mass is 10.0. The highest BCUT2D eigenvalue weighted by Gasteiger charge is 2.12. The van der Waals surface area contributed by atoms with Gasteiger partial charge in [0.25, 0.3) is 0 Å². The number of nitrogens with one attached hydrogen (secondary N) is 1. The lowest BCUT2D eigenvalue weighted by Gasteiger charge is -2.07. The Hall–Kier alpha value is -1.85. The molecular formula is C20H35NO5. The van der Waals surface area contributed by atoms with Crippen LogP contribution in [0.5, 0.6) is 0 Å². The van der Waals surface area contributed by atoms with Crippen LogP contribution in [0.2, 0.25) is 0 Å². The Kier molecular flexibility index (Phi) is 15.4. The van der Waals surface area contributed by atoms with Crippen LogP contribution in [-0.2, 0) is 14.4 Å². The molecule has 0 aromatic rings. The molecule has 6 nitrogen and oxygen atoms in total. The zero-order valence-corrected chi connectivity index (χ0v) is 16.1. The molecule has 0 rings (SSSR count). The smallest absolute Gasteiger partial charge is 0.328 e. The molecule has 0 unspecified atom stereocenters. The molecule has 3 N–H and O–H groups in total. The third-order valence-corrected chi connectivity index (χ3v) is 4.29. The lowest BCUT2D eigenvalue weighted by molar-refractivity contribution is -0.137. The van der Waals surface area contributed by atoms with Crippen molar-refractivity contribution in [3.05, 3.63) is 11.6 Å². The van der Waals surface area contributed by atoms with Crippen LogP contribution >= 0.6 is 0 Å². The Bertz CT molecular complexity index is 445. The van der Waals surface area contributed by atoms with Gasteiger partial charge in [0.15, 0.2) is 0 Å². The summed E-state index contributed by atoms with van der Waals surface area (Å²) in [6, 6.07) is 0. The van der Waals surface area contributed by atoms with Gasteiger partial charge in [-0.3, -0.25) is 9.59 Å². The average Bonchev–Trinajstić information content (AvgIpc) is 2.59. The Balaban J connectivity index is 3.78. The molecule has 26 heavy (non-hydrogen) atoms. The molecule has 0 atom stereocenters. The van der Waals surface area contributed by atoms with Crippen molar-refractivity contribution in [2.75, 3.05) is 6.54 Å². The Labute approximate surface area is 157 Å². The van der Waals surface area contributed by atoms with Gasteiger partial charge >= 0.3 is 11.9 Å². The lowest BCUT2D eigenvalue weighted by Crippen LogP contribution is -2.30. The van der Waals surface area contributed by atoms with Crippen LogP contribution in [0.15, 0.2) is 11.6 Å². The van der Waals surface area contributed by atoms with Crippen LogP contribution in [0.25, 0.3) is 0 Å². The van der Waals surface area contributed by atoms with Crippen LogP contribution in [0, 0.1) is 0 Å². The van der Waals surface area contributed by atoms with E-state index in [4.69, 9.17) is 10.2 Å². The first-order valence-electron chi connectivity index (χ1n) is 9.90. The van der Waals surface area contributed by atoms with Gasteiger partial charge in [0.1, 0.15) is 6.54 Å². The summed E-state index contributed by atoms with van der Waals surface area (Å²) in [5, 5.41) is 19.6. The van der Waals surface area contributed by atoms with E-state index in [-0.39, 0.29) is 5.57 Å². The molecule has 0 spiro atoms. The molecule has 6 heteroatoms. The summed E-state index contributed by atoms with van der Waals surface area (Å²) in [7, 11) is 0. The van der Waals surface area contributed by atoms with Crippen LogP contribution < -0.4 is 5.32 Å². The normalized spacial score (nSPS) is 11.3. The molecule has 0 aliphatic rings. The van der Waals surface area contributed by atoms with Crippen molar-refractivity contribution in [3.8, 4) is 0 Å². The molecule has 0 saturated carbocycles. The van der Waals surface area contributed by atoms with Gasteiger partial charge in [0, 0.05) is 11.6 Å². The number of hydrogen-bond donors (Lipinski definition) is 3. The van der Waals surface area contributed by atoms with Gasteiger partial charge in [-0.25, -0.2) is 4.79 Å². The molecule has 0 aromatic carbocycles. The minimum atomic E-state index is -1.19. The van der Waals surface area contributed by atoms with E-state index in [0.29, 0.717) is 6.42 Å². The van der Waals surface area contributed by atoms with Crippen molar-refractivity contribution in [1.29, 1.82) is 0 Å². The summed E-state index contributed by atoms with van der Waals surface area (Å²) in [6.07, 6.45) is 15.6. The number of amides is 1. The highest BCUT2D eigenvalue weighted by molar-refractivity contribution is 5.99. The van der Waals surface area contributed by atoms with E-state index in [9.17, 15) is 14.4 Å². The number of carboxylic acids is 2. The molecule has 0 radical (unpaired) electrons. The van der Waals surface area contributed by atoms with Crippen LogP contribution in [0.3, 0.4) is 0 Å². The second kappa shape index (κ2) is 16.6. The summed E-state index contributed by atoms with van der Waals surface area (Å²) < 4.78 is 0. The average molecular weight is 370 g/mol. The molecule has 1 amide bonds. The Morgan fingerprint density at radius 1 is 0.769 bits per heavy atom. The number of carbonyl (C=O) groups is 3. The summed E-state index contributed by atoms with van der Waals surface area (Å²) in [5.41, 5.74) is 0.130. The zero-order valence-electron chi connectivity index (χ0n) is 16.1. The SMILES string of the molecule is CCCCCCCCCCCCCCC(=CC(=O)O)C(=O)NCC(=O)O. The molecule has 0 aliphatic heterocycles. The van der Waals surface area contributed by atoms with E-state index in [1.54, 1.807) is 0 Å². The quantitative estimate of drug-likeness (QED) is 0.262. The Morgan fingerprint density at radius 2 is 1.23 bits per heavy atom. The van der Waals surface area contributed by atoms with Gasteiger partial charge in [0.05, 0.1) is 0 Å². The maximum absolute atomic E-state index is 11.8. The minimum absolute atomic E-state index is 0.130. The van der Waals surface area contributed by atoms with Gasteiger partial charge < -0.3 is 15.5 Å². The molecule has 0 heterocycles. The monoisotopic (exact) mass is 369 g/mol. The predicted octanol–water partition coefficient (Wildman–Crippen LogP) is 4.29. The molecular weight excluding hydrogens is 334 g/mol. The third-order valence-electron chi connectivity index (χ3n) is 4.29. The summed E-state index contributed by atoms with van der Waals surface area (Å²) in [5.74, 6) is -2.96. The highest BCUT2D eigenvalue weighted by atomic mass is 16.4. The first-order chi connectivity index (χ1) is 12.5. The van der Waals surface area contributed by atoms with Gasteiger partial charge in [-0.15, -0.1) is 0 Å². The summed E-state index contributed by atoms with van der Waals surface area (Å²) in [4.78, 5) is 33.1. The van der Waals surface area contributed by atoms with Gasteiger partial charge in [-0.05, 0) is 12.8 Å². The maximum atomic E-state index is 11.8. The number of aliphatic carboxylic acids is 2. The van der Waals surface area contributed by atoms with E-state index in [1.165, 1.54) is 51.4 Å². The first kappa shape index (κ1) is 24.1. The van der Waals surface area contributed by atoms with Crippen LogP contribution in [-0.4, -0.2) is 34.6 Å². The number of hydrogen-bond acceptors (Lipinski definition) is 3. The number of carboxylic acid groups (broad SMARTS) is 2. The van der Waals surface area contributed by atoms with Crippen molar-refractivity contribution in [3.63, 3.8) is 0 Å². The van der Waals surface area contributed by atoms with E-state index in [2.05, 4.69) is 12.2 Å². The summed E-state index contributed by atoms with van der Waals surface area (Å²) in [6.45, 7) is 1.72. The number of unbranched alkanes of at least 4 members (excludes halogenated alkanes) is 11. The zero-order chi connectivity index (χ0) is 19.6. The Morgan fingerprint density at radius 3 is 1.65 bits per heavy atom. The summed E-state index contributed by atoms with van der Waals surface area (Å²) >= 11 is 0. The first-order valence-corrected chi connectivity index (χ1v) is 9.90. The van der Waals surface area contributed by atoms with E-state index in [0.717, 1.165) is 31.8 Å². The second-order valence-electron chi connectivity index (χ2n) is 6.72. The van der Waals surface area contributed by atoms with E-state index < -0.39 is 24.4 Å². The minimum Gasteiger partial charge on any atom is -0.480 e. The number of carbonyl (C=O) groups excluding carboxylic acids is 1. The fraction of sp³-hybridized carbons (Fsp3) is 0.750. The molecule has 0 fully saturated rings. The largest absolute Gasteiger partial charge is 0.480 e. The standard InChI is InChI=1S/C20H35NO5/c1-2-3-4-5-6-7-8-9-10-11-12-13-14-17(15-18(22)23)20(26)21-16-19(24)25/h15H,2-14,16H2,1H3,(H,21,26)(H,22,23)(H,24,25). The van der Waals surface area contributed by atoms with Crippen LogP contribution in [0.4, 0.5) is 0 Å². The van der Waals surface area contributed by atoms with Gasteiger partial charge in [-0.2, -0.15) is 0 Å². The molecule has 0 saturated heterocycles. The van der Waals surface area contributed by atoms with Crippen molar-refractivity contribution in [2.24, 2.45) is 0 Å². The molecule has 0 bridgehead atoms. The molecule has 0 aromatic heterocycles. The second-order valence-corrected chi connectivity index (χ2v) is 6.72. The van der Waals surface area contributed by atoms with Crippen molar-refractivity contribution in [1.82, 2.24) is 5.32 Å². The predicted molar refractivity (Wildman–Crippen MR) is 102 cm³/mol. The molecule has 150 valence electrons. The molecule has 0 aliphatic carbocycles. The van der Waals surface area contributed by atoms with Crippen molar-refractivity contribution < 1.29 is 24.6 Å². The van der Waals surface area contributed by atoms with Gasteiger partial charge in [-0.1, -0.05) is 77.6 Å². The third kappa shape index (κ3) is 15.7. The fourth-order valence-corrected chi connectivity index (χ4v) is 2.83. The van der Waals surface area contributed by atoms with Crippen molar-refractivity contribution in [2.45, 2.75) is 90.4 Å². The van der Waals surface area contributed by atoms with E-state index in [1.807, 2.05) is 0 Å². The fourth-order valence-electron chi connectivity index (χ4n) is 2.83. The van der Waals surface area contributed by atoms with Gasteiger partial charge in [0.2, 0.25) is 5.91 Å². The van der Waals surface area contributed by atoms with Crippen LogP contribution in [0.1, 0.15) is 90.4 Å². The topological polar surface area (TPSA) is 104 Å². The number of rotatable bonds is 17. The maximum Gasteiger partial charge on any atom is 0.328 e.